The van der Waals surface area contributed by atoms with E-state index in [0.29, 0.717) is 5.56 Å². The zero-order valence-corrected chi connectivity index (χ0v) is 14.6. The maximum absolute atomic E-state index is 13.4. The van der Waals surface area contributed by atoms with Gasteiger partial charge in [-0.3, -0.25) is 0 Å². The molecule has 2 nitrogen and oxygen atoms in total. The second-order valence-electron chi connectivity index (χ2n) is 4.16. The molecule has 0 aliphatic rings. The third-order valence-electron chi connectivity index (χ3n) is 2.69. The Hall–Kier alpha value is -1.08. The first-order valence-corrected chi connectivity index (χ1v) is 10.2. The molecule has 0 aliphatic carbocycles. The summed E-state index contributed by atoms with van der Waals surface area (Å²) in [6, 6.07) is 4.91. The Kier molecular flexibility index (Phi) is 8.05. The van der Waals surface area contributed by atoms with Gasteiger partial charge in [0.2, 0.25) is 0 Å². The van der Waals surface area contributed by atoms with Gasteiger partial charge in [0.25, 0.3) is 0 Å². The number of halogens is 6. The van der Waals surface area contributed by atoms with Gasteiger partial charge in [-0.05, 0) is 18.6 Å². The Labute approximate surface area is 146 Å². The second kappa shape index (κ2) is 9.28. The summed E-state index contributed by atoms with van der Waals surface area (Å²) in [4.78, 5) is 3.44. The van der Waals surface area contributed by atoms with E-state index >= 15 is 0 Å². The number of aryl methyl sites for hydroxylation is 1. The Morgan fingerprint density at radius 3 is 2.30 bits per heavy atom. The average molecular weight is 402 g/mol. The van der Waals surface area contributed by atoms with Crippen molar-refractivity contribution in [3.05, 3.63) is 58.7 Å². The molecule has 1 N–H and O–H groups in total. The van der Waals surface area contributed by atoms with Crippen LogP contribution in [0.4, 0.5) is 23.2 Å². The summed E-state index contributed by atoms with van der Waals surface area (Å²) in [5.74, 6) is -6.58. The molecule has 0 unspecified atom stereocenters. The zero-order valence-electron chi connectivity index (χ0n) is 11.5. The number of nitrogens with zero attached hydrogens (tertiary/aromatic N) is 1. The molecule has 2 aromatic rings. The predicted molar refractivity (Wildman–Crippen MR) is 78.1 cm³/mol. The summed E-state index contributed by atoms with van der Waals surface area (Å²) >= 11 is -0.556. The Morgan fingerprint density at radius 1 is 1.09 bits per heavy atom. The minimum atomic E-state index is -1.80. The van der Waals surface area contributed by atoms with Gasteiger partial charge in [-0.2, -0.15) is 0 Å². The zero-order chi connectivity index (χ0) is 17.6. The van der Waals surface area contributed by atoms with E-state index in [0.717, 1.165) is 6.21 Å². The van der Waals surface area contributed by atoms with Crippen molar-refractivity contribution in [1.29, 1.82) is 0 Å². The Morgan fingerprint density at radius 2 is 1.70 bits per heavy atom. The summed E-state index contributed by atoms with van der Waals surface area (Å²) < 4.78 is 52.5. The second-order valence-corrected chi connectivity index (χ2v) is 6.74. The van der Waals surface area contributed by atoms with Gasteiger partial charge in [-0.25, -0.2) is 22.6 Å². The van der Waals surface area contributed by atoms with E-state index < -0.39 is 46.0 Å². The molecule has 0 bridgehead atoms. The van der Waals surface area contributed by atoms with Gasteiger partial charge in [-0.1, -0.05) is 12.1 Å². The first-order chi connectivity index (χ1) is 10.8. The molecule has 0 amide bonds. The number of para-hydroxylation sites is 1. The number of hydrogen-bond acceptors (Lipinski definition) is 2. The van der Waals surface area contributed by atoms with Crippen molar-refractivity contribution in [2.24, 2.45) is 4.99 Å². The number of phenolic OH excluding ortho intramolecular Hbond substituents is 1. The molecule has 0 saturated heterocycles. The van der Waals surface area contributed by atoms with Gasteiger partial charge in [0.1, 0.15) is 11.4 Å². The van der Waals surface area contributed by atoms with E-state index in [2.05, 4.69) is 4.99 Å². The van der Waals surface area contributed by atoms with E-state index in [1.165, 1.54) is 6.07 Å². The van der Waals surface area contributed by atoms with Gasteiger partial charge in [0.15, 0.2) is 23.3 Å². The predicted octanol–water partition coefficient (Wildman–Crippen LogP) is 5.38. The van der Waals surface area contributed by atoms with Crippen LogP contribution in [0.25, 0.3) is 0 Å². The molecule has 0 radical (unpaired) electrons. The van der Waals surface area contributed by atoms with E-state index in [4.69, 9.17) is 18.6 Å². The minimum absolute atomic E-state index is 0.111. The maximum atomic E-state index is 13.4. The fourth-order valence-electron chi connectivity index (χ4n) is 1.59. The van der Waals surface area contributed by atoms with Crippen molar-refractivity contribution in [2.75, 3.05) is 0 Å². The summed E-state index contributed by atoms with van der Waals surface area (Å²) in [5.41, 5.74) is -0.210. The van der Waals surface area contributed by atoms with Crippen molar-refractivity contribution in [3.63, 3.8) is 0 Å². The molecule has 122 valence electrons. The average Bonchev–Trinajstić information content (AvgIpc) is 2.50. The fourth-order valence-corrected chi connectivity index (χ4v) is 1.59. The first kappa shape index (κ1) is 20.0. The van der Waals surface area contributed by atoms with Gasteiger partial charge < -0.3 is 5.11 Å². The first-order valence-electron chi connectivity index (χ1n) is 5.95. The third kappa shape index (κ3) is 5.21. The molecule has 0 fully saturated rings. The van der Waals surface area contributed by atoms with E-state index in [1.54, 1.807) is 19.1 Å². The number of benzene rings is 2. The van der Waals surface area contributed by atoms with Crippen LogP contribution >= 0.6 is 18.6 Å². The topological polar surface area (TPSA) is 32.6 Å². The van der Waals surface area contributed by atoms with Gasteiger partial charge in [-0.15, -0.1) is 0 Å². The molecular formula is C14H9Cl2F4NOTi. The summed E-state index contributed by atoms with van der Waals surface area (Å²) in [5, 5.41) is 9.70. The molecule has 2 aromatic carbocycles. The molecule has 2 rings (SSSR count). The van der Waals surface area contributed by atoms with Crippen molar-refractivity contribution in [3.8, 4) is 5.75 Å². The normalized spacial score (nSPS) is 10.4. The Balaban J connectivity index is 0.000000816. The van der Waals surface area contributed by atoms with Crippen LogP contribution < -0.4 is 0 Å². The standard InChI is InChI=1S/C14H9F4NO.2ClH.Ti/c1-7-3-2-4-8(14(7)20)6-19-13-10(16)5-9(15)11(17)12(13)18;;;/h2-6,20H,1H3;2*1H;/q;;;+2/p-2. The summed E-state index contributed by atoms with van der Waals surface area (Å²) in [6.45, 7) is 1.63. The van der Waals surface area contributed by atoms with Crippen LogP contribution in [0.1, 0.15) is 11.1 Å². The number of rotatable bonds is 2. The molecule has 0 heterocycles. The quantitative estimate of drug-likeness (QED) is 0.236. The SMILES string of the molecule is Cc1cccc(C=Nc2c(F)cc(F)c(F)c2F)c1O.[Cl][Ti][Cl]. The van der Waals surface area contributed by atoms with Crippen LogP contribution in [0.3, 0.4) is 0 Å². The van der Waals surface area contributed by atoms with Crippen LogP contribution in [-0.4, -0.2) is 11.3 Å². The fraction of sp³-hybridized carbons (Fsp3) is 0.0714. The van der Waals surface area contributed by atoms with E-state index in [1.807, 2.05) is 0 Å². The molecule has 0 aromatic heterocycles. The van der Waals surface area contributed by atoms with E-state index in [-0.39, 0.29) is 17.4 Å². The van der Waals surface area contributed by atoms with Crippen LogP contribution in [0, 0.1) is 30.2 Å². The van der Waals surface area contributed by atoms with Gasteiger partial charge >= 0.3 is 35.6 Å². The molecule has 0 atom stereocenters. The van der Waals surface area contributed by atoms with Crippen molar-refractivity contribution in [2.45, 2.75) is 6.92 Å². The molecule has 0 aliphatic heterocycles. The van der Waals surface area contributed by atoms with Gasteiger partial charge in [0.05, 0.1) is 0 Å². The molecule has 0 saturated carbocycles. The van der Waals surface area contributed by atoms with Crippen molar-refractivity contribution >= 4 is 30.5 Å². The number of aromatic hydroxyl groups is 1. The number of aliphatic imine (C=N–C) groups is 1. The molecular weight excluding hydrogens is 393 g/mol. The van der Waals surface area contributed by atoms with Crippen molar-refractivity contribution < 1.29 is 39.7 Å². The number of phenols is 1. The number of hydrogen-bond donors (Lipinski definition) is 1. The summed E-state index contributed by atoms with van der Waals surface area (Å²) in [6.07, 6.45) is 0.973. The molecule has 23 heavy (non-hydrogen) atoms. The van der Waals surface area contributed by atoms with Crippen molar-refractivity contribution in [1.82, 2.24) is 0 Å². The van der Waals surface area contributed by atoms with Gasteiger partial charge in [0, 0.05) is 17.8 Å². The van der Waals surface area contributed by atoms with Crippen LogP contribution in [0.15, 0.2) is 29.3 Å². The van der Waals surface area contributed by atoms with Crippen LogP contribution in [-0.2, 0) is 17.0 Å². The van der Waals surface area contributed by atoms with Crippen LogP contribution in [0.5, 0.6) is 5.75 Å². The van der Waals surface area contributed by atoms with E-state index in [9.17, 15) is 22.7 Å². The third-order valence-corrected chi connectivity index (χ3v) is 2.69. The molecule has 9 heteroatoms. The van der Waals surface area contributed by atoms with Crippen LogP contribution in [0.2, 0.25) is 0 Å². The molecule has 0 spiro atoms. The Bertz CT molecular complexity index is 728. The monoisotopic (exact) mass is 401 g/mol. The summed E-state index contributed by atoms with van der Waals surface area (Å²) in [7, 11) is 9.78.